The van der Waals surface area contributed by atoms with E-state index < -0.39 is 5.66 Å². The molecule has 2 aliphatic rings. The third-order valence-corrected chi connectivity index (χ3v) is 5.07. The fourth-order valence-electron chi connectivity index (χ4n) is 3.98. The molecule has 2 aromatic heterocycles. The monoisotopic (exact) mass is 382 g/mol. The number of nitrogens with one attached hydrogen (secondary N) is 2. The fourth-order valence-corrected chi connectivity index (χ4v) is 3.98. The van der Waals surface area contributed by atoms with Crippen LogP contribution in [0.4, 0.5) is 17.3 Å². The molecule has 0 aromatic carbocycles. The number of nitrogens with zero attached hydrogens (tertiary/aromatic N) is 3. The lowest BCUT2D eigenvalue weighted by atomic mass is 9.99. The SMILES string of the molecule is CC.CCC1=CCCC12NC(=O)c1c(C)cc(Nc3cc(N)ncn3)c(=O)n12. The van der Waals surface area contributed by atoms with E-state index in [4.69, 9.17) is 5.73 Å². The molecule has 1 unspecified atom stereocenters. The minimum Gasteiger partial charge on any atom is -0.384 e. The Hall–Kier alpha value is -3.16. The Morgan fingerprint density at radius 3 is 2.71 bits per heavy atom. The number of aromatic nitrogens is 3. The van der Waals surface area contributed by atoms with Crippen LogP contribution in [0.2, 0.25) is 0 Å². The molecule has 28 heavy (non-hydrogen) atoms. The van der Waals surface area contributed by atoms with Crippen molar-refractivity contribution in [2.24, 2.45) is 0 Å². The number of carbonyl (C=O) groups is 1. The van der Waals surface area contributed by atoms with Crippen molar-refractivity contribution in [1.82, 2.24) is 19.9 Å². The second-order valence-electron chi connectivity index (χ2n) is 6.62. The molecular weight excluding hydrogens is 356 g/mol. The van der Waals surface area contributed by atoms with Crippen LogP contribution in [0.5, 0.6) is 0 Å². The van der Waals surface area contributed by atoms with Gasteiger partial charge in [0.05, 0.1) is 0 Å². The van der Waals surface area contributed by atoms with E-state index in [1.54, 1.807) is 16.7 Å². The van der Waals surface area contributed by atoms with Crippen LogP contribution in [0.3, 0.4) is 0 Å². The van der Waals surface area contributed by atoms with E-state index in [2.05, 4.69) is 26.7 Å². The molecule has 0 saturated heterocycles. The molecule has 148 valence electrons. The number of hydrogen-bond acceptors (Lipinski definition) is 6. The van der Waals surface area contributed by atoms with E-state index in [0.717, 1.165) is 24.0 Å². The van der Waals surface area contributed by atoms with Crippen LogP contribution in [-0.4, -0.2) is 20.4 Å². The van der Waals surface area contributed by atoms with Gasteiger partial charge in [0, 0.05) is 6.07 Å². The summed E-state index contributed by atoms with van der Waals surface area (Å²) in [5.41, 5.74) is 7.22. The van der Waals surface area contributed by atoms with Crippen LogP contribution in [0, 0.1) is 6.92 Å². The number of amides is 1. The highest BCUT2D eigenvalue weighted by molar-refractivity contribution is 5.97. The molecular formula is C20H26N6O2. The first-order valence-corrected chi connectivity index (χ1v) is 9.60. The predicted octanol–water partition coefficient (Wildman–Crippen LogP) is 2.83. The van der Waals surface area contributed by atoms with Crippen molar-refractivity contribution in [2.75, 3.05) is 11.1 Å². The number of carbonyl (C=O) groups excluding carboxylic acids is 1. The van der Waals surface area contributed by atoms with E-state index >= 15 is 0 Å². The van der Waals surface area contributed by atoms with Crippen LogP contribution in [-0.2, 0) is 5.66 Å². The number of rotatable bonds is 3. The lowest BCUT2D eigenvalue weighted by Gasteiger charge is -2.30. The van der Waals surface area contributed by atoms with Gasteiger partial charge in [-0.1, -0.05) is 26.8 Å². The maximum atomic E-state index is 13.3. The van der Waals surface area contributed by atoms with Gasteiger partial charge in [-0.3, -0.25) is 14.2 Å². The van der Waals surface area contributed by atoms with Gasteiger partial charge in [-0.15, -0.1) is 0 Å². The predicted molar refractivity (Wildman–Crippen MR) is 110 cm³/mol. The van der Waals surface area contributed by atoms with Crippen molar-refractivity contribution in [3.05, 3.63) is 51.7 Å². The molecule has 0 fully saturated rings. The number of nitrogens with two attached hydrogens (primary N) is 1. The molecule has 1 amide bonds. The summed E-state index contributed by atoms with van der Waals surface area (Å²) in [5.74, 6) is 0.526. The van der Waals surface area contributed by atoms with Gasteiger partial charge in [0.25, 0.3) is 11.5 Å². The Morgan fingerprint density at radius 1 is 1.29 bits per heavy atom. The normalized spacial score (nSPS) is 19.6. The highest BCUT2D eigenvalue weighted by Gasteiger charge is 2.48. The van der Waals surface area contributed by atoms with Gasteiger partial charge in [0.2, 0.25) is 0 Å². The Labute approximate surface area is 163 Å². The van der Waals surface area contributed by atoms with Crippen molar-refractivity contribution in [3.8, 4) is 0 Å². The summed E-state index contributed by atoms with van der Waals surface area (Å²) < 4.78 is 1.61. The molecule has 1 spiro atoms. The topological polar surface area (TPSA) is 115 Å². The number of hydrogen-bond donors (Lipinski definition) is 3. The molecule has 0 saturated carbocycles. The number of fused-ring (bicyclic) bond motifs is 2. The maximum Gasteiger partial charge on any atom is 0.277 e. The van der Waals surface area contributed by atoms with E-state index in [9.17, 15) is 9.59 Å². The second kappa shape index (κ2) is 7.46. The molecule has 1 atom stereocenters. The smallest absolute Gasteiger partial charge is 0.277 e. The third-order valence-electron chi connectivity index (χ3n) is 5.07. The number of anilines is 3. The molecule has 8 nitrogen and oxygen atoms in total. The molecule has 0 radical (unpaired) electrons. The zero-order valence-corrected chi connectivity index (χ0v) is 16.7. The zero-order chi connectivity index (χ0) is 20.5. The Balaban J connectivity index is 0.00000109. The molecule has 2 aromatic rings. The summed E-state index contributed by atoms with van der Waals surface area (Å²) in [6, 6.07) is 3.23. The summed E-state index contributed by atoms with van der Waals surface area (Å²) in [6.07, 6.45) is 5.72. The maximum absolute atomic E-state index is 13.3. The quantitative estimate of drug-likeness (QED) is 0.703. The van der Waals surface area contributed by atoms with Crippen LogP contribution >= 0.6 is 0 Å². The van der Waals surface area contributed by atoms with Gasteiger partial charge in [-0.25, -0.2) is 9.97 Å². The van der Waals surface area contributed by atoms with E-state index in [1.165, 1.54) is 6.33 Å². The Kier molecular flexibility index (Phi) is 5.22. The molecule has 3 heterocycles. The number of nitrogen functional groups attached to an aromatic ring is 1. The average Bonchev–Trinajstić information content (AvgIpc) is 3.22. The first-order chi connectivity index (χ1) is 13.5. The average molecular weight is 382 g/mol. The van der Waals surface area contributed by atoms with Gasteiger partial charge < -0.3 is 16.4 Å². The van der Waals surface area contributed by atoms with Crippen LogP contribution < -0.4 is 21.9 Å². The minimum atomic E-state index is -0.759. The van der Waals surface area contributed by atoms with Crippen molar-refractivity contribution in [1.29, 1.82) is 0 Å². The summed E-state index contributed by atoms with van der Waals surface area (Å²) in [6.45, 7) is 7.86. The number of pyridine rings is 1. The third kappa shape index (κ3) is 2.94. The van der Waals surface area contributed by atoms with Crippen LogP contribution in [0.25, 0.3) is 0 Å². The Morgan fingerprint density at radius 2 is 2.04 bits per heavy atom. The van der Waals surface area contributed by atoms with Crippen LogP contribution in [0.15, 0.2) is 34.9 Å². The van der Waals surface area contributed by atoms with Crippen molar-refractivity contribution in [2.45, 2.75) is 52.6 Å². The first kappa shape index (κ1) is 19.6. The molecule has 0 bridgehead atoms. The van der Waals surface area contributed by atoms with E-state index in [0.29, 0.717) is 29.4 Å². The van der Waals surface area contributed by atoms with Gasteiger partial charge in [-0.05, 0) is 43.4 Å². The number of aryl methyl sites for hydroxylation is 1. The summed E-state index contributed by atoms with van der Waals surface area (Å²) in [7, 11) is 0. The van der Waals surface area contributed by atoms with Crippen molar-refractivity contribution < 1.29 is 4.79 Å². The molecule has 8 heteroatoms. The molecule has 1 aliphatic carbocycles. The summed E-state index contributed by atoms with van der Waals surface area (Å²) in [5, 5.41) is 6.07. The Bertz CT molecular complexity index is 1010. The minimum absolute atomic E-state index is 0.210. The lowest BCUT2D eigenvalue weighted by molar-refractivity contribution is 0.0932. The van der Waals surface area contributed by atoms with Crippen LogP contribution in [0.1, 0.15) is 56.1 Å². The second-order valence-corrected chi connectivity index (χ2v) is 6.62. The number of allylic oxidation sites excluding steroid dienone is 1. The lowest BCUT2D eigenvalue weighted by Crippen LogP contribution is -2.47. The first-order valence-electron chi connectivity index (χ1n) is 9.60. The summed E-state index contributed by atoms with van der Waals surface area (Å²) in [4.78, 5) is 33.8. The van der Waals surface area contributed by atoms with Crippen molar-refractivity contribution >= 4 is 23.2 Å². The van der Waals surface area contributed by atoms with E-state index in [1.807, 2.05) is 27.7 Å². The van der Waals surface area contributed by atoms with Crippen molar-refractivity contribution in [3.63, 3.8) is 0 Å². The van der Waals surface area contributed by atoms with Gasteiger partial charge in [0.1, 0.15) is 35.0 Å². The highest BCUT2D eigenvalue weighted by Crippen LogP contribution is 2.41. The molecule has 1 aliphatic heterocycles. The highest BCUT2D eigenvalue weighted by atomic mass is 16.2. The zero-order valence-electron chi connectivity index (χ0n) is 16.7. The van der Waals surface area contributed by atoms with Gasteiger partial charge in [0.15, 0.2) is 0 Å². The summed E-state index contributed by atoms with van der Waals surface area (Å²) >= 11 is 0. The fraction of sp³-hybridized carbons (Fsp3) is 0.400. The molecule has 4 N–H and O–H groups in total. The van der Waals surface area contributed by atoms with Gasteiger partial charge in [-0.2, -0.15) is 0 Å². The van der Waals surface area contributed by atoms with E-state index in [-0.39, 0.29) is 11.5 Å². The van der Waals surface area contributed by atoms with Gasteiger partial charge >= 0.3 is 0 Å². The molecule has 4 rings (SSSR count). The standard InChI is InChI=1S/C18H20N6O2.C2H6/c1-3-11-5-4-6-18(11)23-16(25)15-10(2)7-12(17(26)24(15)18)22-14-8-13(19)20-9-21-14;1-2/h5,7-9H,3-4,6H2,1-2H3,(H,23,25)(H3,19,20,21,22);1-2H3. The largest absolute Gasteiger partial charge is 0.384 e.